The summed E-state index contributed by atoms with van der Waals surface area (Å²) in [6, 6.07) is 16.5. The topological polar surface area (TPSA) is 86.9 Å². The highest BCUT2D eigenvalue weighted by Gasteiger charge is 2.21. The first-order valence-corrected chi connectivity index (χ1v) is 9.12. The van der Waals surface area contributed by atoms with Crippen LogP contribution in [0.1, 0.15) is 42.5 Å². The summed E-state index contributed by atoms with van der Waals surface area (Å²) >= 11 is 0. The standard InChI is InChI=1S/C21H24N4O2/c1-14(2)19(20-23-16-10-6-7-11-17(16)24-20)25-18(26)12-13-22-21(27)15-8-4-3-5-9-15/h3-11,14,19H,12-13H2,1-2H3,(H,22,27)(H,23,24)(H,25,26). The third kappa shape index (κ3) is 4.73. The van der Waals surface area contributed by atoms with Crippen molar-refractivity contribution in [2.75, 3.05) is 6.54 Å². The molecule has 2 amide bonds. The van der Waals surface area contributed by atoms with Gasteiger partial charge in [0.15, 0.2) is 0 Å². The minimum absolute atomic E-state index is 0.123. The minimum Gasteiger partial charge on any atom is -0.352 e. The van der Waals surface area contributed by atoms with Gasteiger partial charge in [-0.05, 0) is 30.2 Å². The lowest BCUT2D eigenvalue weighted by molar-refractivity contribution is -0.122. The van der Waals surface area contributed by atoms with Gasteiger partial charge in [-0.25, -0.2) is 4.98 Å². The molecule has 3 rings (SSSR count). The molecule has 6 nitrogen and oxygen atoms in total. The Bertz CT molecular complexity index is 885. The fraction of sp³-hybridized carbons (Fsp3) is 0.286. The van der Waals surface area contributed by atoms with Gasteiger partial charge in [-0.2, -0.15) is 0 Å². The largest absolute Gasteiger partial charge is 0.352 e. The Morgan fingerprint density at radius 1 is 1.04 bits per heavy atom. The molecule has 0 saturated heterocycles. The lowest BCUT2D eigenvalue weighted by Crippen LogP contribution is -2.35. The van der Waals surface area contributed by atoms with Crippen molar-refractivity contribution in [3.63, 3.8) is 0 Å². The lowest BCUT2D eigenvalue weighted by Gasteiger charge is -2.20. The average molecular weight is 364 g/mol. The highest BCUT2D eigenvalue weighted by Crippen LogP contribution is 2.22. The molecule has 27 heavy (non-hydrogen) atoms. The van der Waals surface area contributed by atoms with E-state index in [1.807, 2.05) is 56.3 Å². The van der Waals surface area contributed by atoms with E-state index in [2.05, 4.69) is 20.6 Å². The van der Waals surface area contributed by atoms with Crippen molar-refractivity contribution in [1.29, 1.82) is 0 Å². The van der Waals surface area contributed by atoms with E-state index in [1.54, 1.807) is 12.1 Å². The molecule has 2 aromatic carbocycles. The van der Waals surface area contributed by atoms with Crippen LogP contribution in [0.25, 0.3) is 11.0 Å². The number of hydrogen-bond acceptors (Lipinski definition) is 3. The van der Waals surface area contributed by atoms with Crippen LogP contribution in [0.5, 0.6) is 0 Å². The van der Waals surface area contributed by atoms with Gasteiger partial charge < -0.3 is 15.6 Å². The van der Waals surface area contributed by atoms with Crippen LogP contribution in [0.3, 0.4) is 0 Å². The van der Waals surface area contributed by atoms with E-state index in [1.165, 1.54) is 0 Å². The van der Waals surface area contributed by atoms with Crippen molar-refractivity contribution in [1.82, 2.24) is 20.6 Å². The monoisotopic (exact) mass is 364 g/mol. The molecule has 140 valence electrons. The first-order chi connectivity index (χ1) is 13.0. The number of fused-ring (bicyclic) bond motifs is 1. The normalized spacial score (nSPS) is 12.1. The van der Waals surface area contributed by atoms with Gasteiger partial charge in [0, 0.05) is 18.5 Å². The summed E-state index contributed by atoms with van der Waals surface area (Å²) in [5, 5.41) is 5.79. The van der Waals surface area contributed by atoms with Crippen LogP contribution in [-0.2, 0) is 4.79 Å². The maximum atomic E-state index is 12.4. The molecule has 0 saturated carbocycles. The molecule has 0 aliphatic rings. The van der Waals surface area contributed by atoms with Crippen molar-refractivity contribution in [2.45, 2.75) is 26.3 Å². The third-order valence-corrected chi connectivity index (χ3v) is 4.36. The molecule has 1 atom stereocenters. The molecule has 1 heterocycles. The van der Waals surface area contributed by atoms with Gasteiger partial charge in [-0.15, -0.1) is 0 Å². The van der Waals surface area contributed by atoms with E-state index in [0.717, 1.165) is 16.9 Å². The Labute approximate surface area is 158 Å². The van der Waals surface area contributed by atoms with E-state index in [4.69, 9.17) is 0 Å². The molecular formula is C21H24N4O2. The van der Waals surface area contributed by atoms with Crippen LogP contribution >= 0.6 is 0 Å². The molecule has 0 aliphatic heterocycles. The average Bonchev–Trinajstić information content (AvgIpc) is 3.10. The SMILES string of the molecule is CC(C)C(NC(=O)CCNC(=O)c1ccccc1)c1nc2ccccc2[nH]1. The second-order valence-electron chi connectivity index (χ2n) is 6.80. The first-order valence-electron chi connectivity index (χ1n) is 9.12. The van der Waals surface area contributed by atoms with Gasteiger partial charge in [0.1, 0.15) is 5.82 Å². The number of H-pyrrole nitrogens is 1. The van der Waals surface area contributed by atoms with Gasteiger partial charge in [0.25, 0.3) is 5.91 Å². The Morgan fingerprint density at radius 2 is 1.74 bits per heavy atom. The number of aromatic amines is 1. The molecule has 0 aliphatic carbocycles. The molecule has 3 aromatic rings. The summed E-state index contributed by atoms with van der Waals surface area (Å²) in [5.41, 5.74) is 2.41. The van der Waals surface area contributed by atoms with E-state index in [9.17, 15) is 9.59 Å². The van der Waals surface area contributed by atoms with Crippen LogP contribution in [-0.4, -0.2) is 28.3 Å². The Morgan fingerprint density at radius 3 is 2.44 bits per heavy atom. The summed E-state index contributed by atoms with van der Waals surface area (Å²) in [7, 11) is 0. The molecule has 0 fully saturated rings. The summed E-state index contributed by atoms with van der Waals surface area (Å²) in [6.45, 7) is 4.36. The number of imidazole rings is 1. The maximum absolute atomic E-state index is 12.4. The molecular weight excluding hydrogens is 340 g/mol. The van der Waals surface area contributed by atoms with Crippen LogP contribution in [0.2, 0.25) is 0 Å². The van der Waals surface area contributed by atoms with Crippen LogP contribution in [0.4, 0.5) is 0 Å². The fourth-order valence-electron chi connectivity index (χ4n) is 2.90. The number of carbonyl (C=O) groups is 2. The lowest BCUT2D eigenvalue weighted by atomic mass is 10.0. The maximum Gasteiger partial charge on any atom is 0.251 e. The predicted octanol–water partition coefficient (Wildman–Crippen LogP) is 3.20. The van der Waals surface area contributed by atoms with E-state index in [0.29, 0.717) is 5.56 Å². The molecule has 0 radical (unpaired) electrons. The van der Waals surface area contributed by atoms with Crippen molar-refractivity contribution < 1.29 is 9.59 Å². The van der Waals surface area contributed by atoms with Crippen molar-refractivity contribution in [3.05, 3.63) is 66.0 Å². The zero-order chi connectivity index (χ0) is 19.2. The van der Waals surface area contributed by atoms with E-state index >= 15 is 0 Å². The number of nitrogens with zero attached hydrogens (tertiary/aromatic N) is 1. The quantitative estimate of drug-likeness (QED) is 0.602. The zero-order valence-corrected chi connectivity index (χ0v) is 15.5. The number of hydrogen-bond donors (Lipinski definition) is 3. The Balaban J connectivity index is 1.56. The first kappa shape index (κ1) is 18.6. The van der Waals surface area contributed by atoms with Crippen LogP contribution in [0, 0.1) is 5.92 Å². The van der Waals surface area contributed by atoms with Crippen LogP contribution in [0.15, 0.2) is 54.6 Å². The summed E-state index contributed by atoms with van der Waals surface area (Å²) in [5.74, 6) is 0.616. The molecule has 0 bridgehead atoms. The molecule has 6 heteroatoms. The van der Waals surface area contributed by atoms with Crippen LogP contribution < -0.4 is 10.6 Å². The van der Waals surface area contributed by atoms with Crippen molar-refractivity contribution in [3.8, 4) is 0 Å². The zero-order valence-electron chi connectivity index (χ0n) is 15.5. The summed E-state index contributed by atoms with van der Waals surface area (Å²) in [4.78, 5) is 32.3. The minimum atomic E-state index is -0.213. The Hall–Kier alpha value is -3.15. The second kappa shape index (κ2) is 8.49. The van der Waals surface area contributed by atoms with Gasteiger partial charge in [0.05, 0.1) is 17.1 Å². The highest BCUT2D eigenvalue weighted by atomic mass is 16.2. The number of rotatable bonds is 7. The second-order valence-corrected chi connectivity index (χ2v) is 6.80. The fourth-order valence-corrected chi connectivity index (χ4v) is 2.90. The summed E-state index contributed by atoms with van der Waals surface area (Å²) in [6.07, 6.45) is 0.210. The number of para-hydroxylation sites is 2. The smallest absolute Gasteiger partial charge is 0.251 e. The van der Waals surface area contributed by atoms with E-state index in [-0.39, 0.29) is 36.7 Å². The number of amides is 2. The molecule has 0 spiro atoms. The third-order valence-electron chi connectivity index (χ3n) is 4.36. The van der Waals surface area contributed by atoms with Crippen molar-refractivity contribution in [2.24, 2.45) is 5.92 Å². The number of nitrogens with one attached hydrogen (secondary N) is 3. The molecule has 1 aromatic heterocycles. The Kier molecular flexibility index (Phi) is 5.86. The van der Waals surface area contributed by atoms with Gasteiger partial charge in [-0.3, -0.25) is 9.59 Å². The van der Waals surface area contributed by atoms with Gasteiger partial charge >= 0.3 is 0 Å². The van der Waals surface area contributed by atoms with Gasteiger partial charge in [-0.1, -0.05) is 44.2 Å². The summed E-state index contributed by atoms with van der Waals surface area (Å²) < 4.78 is 0. The predicted molar refractivity (Wildman–Crippen MR) is 105 cm³/mol. The number of benzene rings is 2. The number of carbonyl (C=O) groups excluding carboxylic acids is 2. The number of aromatic nitrogens is 2. The van der Waals surface area contributed by atoms with E-state index < -0.39 is 0 Å². The highest BCUT2D eigenvalue weighted by molar-refractivity contribution is 5.94. The van der Waals surface area contributed by atoms with Gasteiger partial charge in [0.2, 0.25) is 5.91 Å². The molecule has 1 unspecified atom stereocenters. The van der Waals surface area contributed by atoms with Crippen molar-refractivity contribution >= 4 is 22.8 Å². The molecule has 3 N–H and O–H groups in total.